The summed E-state index contributed by atoms with van der Waals surface area (Å²) in [6.45, 7) is 2.93. The minimum atomic E-state index is 0.668. The number of hydrogen-bond donors (Lipinski definition) is 1. The van der Waals surface area contributed by atoms with Crippen LogP contribution in [0.15, 0.2) is 12.3 Å². The summed E-state index contributed by atoms with van der Waals surface area (Å²) in [5, 5.41) is 0. The Bertz CT molecular complexity index is 281. The van der Waals surface area contributed by atoms with Crippen molar-refractivity contribution in [2.45, 2.75) is 19.4 Å². The van der Waals surface area contributed by atoms with Crippen LogP contribution in [-0.2, 0) is 6.54 Å². The second kappa shape index (κ2) is 3.70. The van der Waals surface area contributed by atoms with Gasteiger partial charge < -0.3 is 10.6 Å². The molecule has 0 aromatic carbocycles. The van der Waals surface area contributed by atoms with E-state index in [4.69, 9.17) is 0 Å². The molecule has 1 aliphatic heterocycles. The molecule has 0 unspecified atom stereocenters. The molecular formula is C9H15N4+. The number of rotatable bonds is 2. The fraction of sp³-hybridized carbons (Fsp3) is 0.556. The molecule has 1 aliphatic rings. The number of nitrogens with zero attached hydrogens (tertiary/aromatic N) is 3. The van der Waals surface area contributed by atoms with Gasteiger partial charge >= 0.3 is 0 Å². The third-order valence-electron chi connectivity index (χ3n) is 2.34. The van der Waals surface area contributed by atoms with Crippen molar-refractivity contribution in [2.75, 3.05) is 18.0 Å². The van der Waals surface area contributed by atoms with Gasteiger partial charge in [0.2, 0.25) is 0 Å². The highest BCUT2D eigenvalue weighted by atomic mass is 15.2. The Labute approximate surface area is 77.8 Å². The normalized spacial score (nSPS) is 16.5. The highest BCUT2D eigenvalue weighted by Gasteiger charge is 2.13. The van der Waals surface area contributed by atoms with Gasteiger partial charge in [0.25, 0.3) is 0 Å². The van der Waals surface area contributed by atoms with Crippen LogP contribution in [0.25, 0.3) is 0 Å². The fourth-order valence-corrected chi connectivity index (χ4v) is 1.63. The summed E-state index contributed by atoms with van der Waals surface area (Å²) in [7, 11) is 0. The molecule has 0 saturated carbocycles. The lowest BCUT2D eigenvalue weighted by Gasteiger charge is -2.15. The maximum Gasteiger partial charge on any atom is 0.185 e. The van der Waals surface area contributed by atoms with Crippen LogP contribution in [0.4, 0.5) is 5.82 Å². The highest BCUT2D eigenvalue weighted by molar-refractivity contribution is 5.38. The third-order valence-corrected chi connectivity index (χ3v) is 2.34. The molecular weight excluding hydrogens is 164 g/mol. The van der Waals surface area contributed by atoms with E-state index in [1.165, 1.54) is 12.8 Å². The quantitative estimate of drug-likeness (QED) is 0.685. The summed E-state index contributed by atoms with van der Waals surface area (Å²) < 4.78 is 0. The van der Waals surface area contributed by atoms with E-state index in [1.807, 2.05) is 12.3 Å². The van der Waals surface area contributed by atoms with Crippen LogP contribution < -0.4 is 10.6 Å². The van der Waals surface area contributed by atoms with E-state index in [1.54, 1.807) is 0 Å². The maximum absolute atomic E-state index is 4.43. The van der Waals surface area contributed by atoms with Crippen molar-refractivity contribution >= 4 is 5.82 Å². The van der Waals surface area contributed by atoms with Crippen LogP contribution in [0.5, 0.6) is 0 Å². The van der Waals surface area contributed by atoms with Crippen LogP contribution in [0.1, 0.15) is 18.7 Å². The Hall–Kier alpha value is -1.16. The first kappa shape index (κ1) is 8.44. The lowest BCUT2D eigenvalue weighted by molar-refractivity contribution is -0.388. The molecule has 0 radical (unpaired) electrons. The molecule has 1 fully saturated rings. The van der Waals surface area contributed by atoms with Gasteiger partial charge in [0.1, 0.15) is 12.4 Å². The van der Waals surface area contributed by atoms with Gasteiger partial charge in [-0.15, -0.1) is 0 Å². The van der Waals surface area contributed by atoms with Crippen molar-refractivity contribution in [1.82, 2.24) is 9.97 Å². The monoisotopic (exact) mass is 179 g/mol. The molecule has 0 aliphatic carbocycles. The number of hydrogen-bond acceptors (Lipinski definition) is 3. The number of quaternary nitrogens is 1. The lowest BCUT2D eigenvalue weighted by atomic mass is 10.4. The second-order valence-corrected chi connectivity index (χ2v) is 3.28. The van der Waals surface area contributed by atoms with Crippen molar-refractivity contribution < 1.29 is 5.73 Å². The van der Waals surface area contributed by atoms with Gasteiger partial charge in [-0.05, 0) is 18.9 Å². The van der Waals surface area contributed by atoms with Crippen LogP contribution >= 0.6 is 0 Å². The van der Waals surface area contributed by atoms with Crippen molar-refractivity contribution in [2.24, 2.45) is 0 Å². The van der Waals surface area contributed by atoms with E-state index in [9.17, 15) is 0 Å². The molecule has 4 nitrogen and oxygen atoms in total. The van der Waals surface area contributed by atoms with Gasteiger partial charge in [0.05, 0.1) is 0 Å². The molecule has 2 rings (SSSR count). The second-order valence-electron chi connectivity index (χ2n) is 3.28. The molecule has 0 atom stereocenters. The summed E-state index contributed by atoms with van der Waals surface area (Å²) in [4.78, 5) is 10.9. The molecule has 2 heterocycles. The molecule has 0 bridgehead atoms. The first-order valence-electron chi connectivity index (χ1n) is 4.76. The summed E-state index contributed by atoms with van der Waals surface area (Å²) in [5.41, 5.74) is 3.78. The Morgan fingerprint density at radius 1 is 1.38 bits per heavy atom. The van der Waals surface area contributed by atoms with Crippen LogP contribution in [0, 0.1) is 0 Å². The molecule has 4 heteroatoms. The number of anilines is 1. The maximum atomic E-state index is 4.43. The molecule has 1 saturated heterocycles. The van der Waals surface area contributed by atoms with E-state index >= 15 is 0 Å². The van der Waals surface area contributed by atoms with Crippen LogP contribution in [-0.4, -0.2) is 23.1 Å². The van der Waals surface area contributed by atoms with Gasteiger partial charge in [-0.1, -0.05) is 0 Å². The number of aromatic nitrogens is 2. The first-order chi connectivity index (χ1) is 6.40. The predicted molar refractivity (Wildman–Crippen MR) is 50.1 cm³/mol. The minimum absolute atomic E-state index is 0.668. The van der Waals surface area contributed by atoms with Crippen molar-refractivity contribution in [3.05, 3.63) is 18.1 Å². The average Bonchev–Trinajstić information content (AvgIpc) is 2.71. The zero-order valence-corrected chi connectivity index (χ0v) is 7.74. The van der Waals surface area contributed by atoms with Gasteiger partial charge in [0, 0.05) is 19.3 Å². The third kappa shape index (κ3) is 1.78. The molecule has 3 N–H and O–H groups in total. The first-order valence-corrected chi connectivity index (χ1v) is 4.76. The fourth-order valence-electron chi connectivity index (χ4n) is 1.63. The summed E-state index contributed by atoms with van der Waals surface area (Å²) in [6, 6.07) is 1.98. The molecule has 13 heavy (non-hydrogen) atoms. The van der Waals surface area contributed by atoms with E-state index < -0.39 is 0 Å². The molecule has 70 valence electrons. The summed E-state index contributed by atoms with van der Waals surface area (Å²) in [5.74, 6) is 1.90. The van der Waals surface area contributed by atoms with Gasteiger partial charge in [-0.2, -0.15) is 0 Å². The molecule has 1 aromatic rings. The van der Waals surface area contributed by atoms with Gasteiger partial charge in [0.15, 0.2) is 5.82 Å². The van der Waals surface area contributed by atoms with E-state index in [0.717, 1.165) is 24.7 Å². The predicted octanol–water partition coefficient (Wildman–Crippen LogP) is -0.181. The van der Waals surface area contributed by atoms with Gasteiger partial charge in [-0.3, -0.25) is 0 Å². The molecule has 1 aromatic heterocycles. The summed E-state index contributed by atoms with van der Waals surface area (Å²) >= 11 is 0. The minimum Gasteiger partial charge on any atom is -0.357 e. The lowest BCUT2D eigenvalue weighted by Crippen LogP contribution is -2.48. The van der Waals surface area contributed by atoms with Gasteiger partial charge in [-0.25, -0.2) is 9.97 Å². The Balaban J connectivity index is 2.18. The average molecular weight is 179 g/mol. The van der Waals surface area contributed by atoms with Crippen LogP contribution in [0.3, 0.4) is 0 Å². The zero-order valence-electron chi connectivity index (χ0n) is 7.74. The SMILES string of the molecule is [NH3+]Cc1nccc(N2CCCC2)n1. The Kier molecular flexibility index (Phi) is 2.40. The van der Waals surface area contributed by atoms with Crippen molar-refractivity contribution in [3.8, 4) is 0 Å². The van der Waals surface area contributed by atoms with Crippen LogP contribution in [0.2, 0.25) is 0 Å². The Morgan fingerprint density at radius 3 is 2.85 bits per heavy atom. The Morgan fingerprint density at radius 2 is 2.15 bits per heavy atom. The standard InChI is InChI=1S/C9H14N4/c10-7-8-11-4-3-9(12-8)13-5-1-2-6-13/h3-4H,1-2,5-7,10H2/p+1. The molecule has 0 spiro atoms. The largest absolute Gasteiger partial charge is 0.357 e. The summed E-state index contributed by atoms with van der Waals surface area (Å²) in [6.07, 6.45) is 4.38. The van der Waals surface area contributed by atoms with E-state index in [-0.39, 0.29) is 0 Å². The topological polar surface area (TPSA) is 56.7 Å². The van der Waals surface area contributed by atoms with E-state index in [2.05, 4.69) is 20.6 Å². The van der Waals surface area contributed by atoms with Crippen molar-refractivity contribution in [3.63, 3.8) is 0 Å². The molecule has 0 amide bonds. The van der Waals surface area contributed by atoms with Crippen molar-refractivity contribution in [1.29, 1.82) is 0 Å². The van der Waals surface area contributed by atoms with E-state index in [0.29, 0.717) is 6.54 Å². The zero-order chi connectivity index (χ0) is 9.10. The smallest absolute Gasteiger partial charge is 0.185 e. The highest BCUT2D eigenvalue weighted by Crippen LogP contribution is 2.16.